The minimum Gasteiger partial charge on any atom is -0.481 e. The third-order valence-electron chi connectivity index (χ3n) is 2.75. The van der Waals surface area contributed by atoms with Gasteiger partial charge in [0.1, 0.15) is 17.9 Å². The Balaban J connectivity index is 2.31. The molecule has 5 nitrogen and oxygen atoms in total. The van der Waals surface area contributed by atoms with Crippen molar-refractivity contribution < 1.29 is 24.2 Å². The van der Waals surface area contributed by atoms with Gasteiger partial charge in [0.15, 0.2) is 0 Å². The summed E-state index contributed by atoms with van der Waals surface area (Å²) in [5, 5.41) is 17.5. The second kappa shape index (κ2) is 4.97. The monoisotopic (exact) mass is 260 g/mol. The fourth-order valence-electron chi connectivity index (χ4n) is 1.75. The van der Waals surface area contributed by atoms with E-state index in [2.05, 4.69) is 0 Å². The summed E-state index contributed by atoms with van der Waals surface area (Å²) < 4.78 is 5.48. The third kappa shape index (κ3) is 2.82. The molecule has 0 aliphatic carbocycles. The van der Waals surface area contributed by atoms with Crippen LogP contribution in [0, 0.1) is 6.92 Å². The Hall–Kier alpha value is -2.56. The molecular weight excluding hydrogens is 248 g/mol. The smallest absolute Gasteiger partial charge is 0.335 e. The van der Waals surface area contributed by atoms with Crippen LogP contribution in [-0.4, -0.2) is 22.2 Å². The number of carbonyl (C=O) groups is 2. The Labute approximate surface area is 109 Å². The van der Waals surface area contributed by atoms with Gasteiger partial charge in [0.05, 0.1) is 5.56 Å². The lowest BCUT2D eigenvalue weighted by atomic mass is 10.1. The summed E-state index contributed by atoms with van der Waals surface area (Å²) >= 11 is 0. The largest absolute Gasteiger partial charge is 0.481 e. The van der Waals surface area contributed by atoms with Gasteiger partial charge in [-0.05, 0) is 30.7 Å². The van der Waals surface area contributed by atoms with Gasteiger partial charge >= 0.3 is 11.9 Å². The van der Waals surface area contributed by atoms with Gasteiger partial charge in [0.25, 0.3) is 0 Å². The van der Waals surface area contributed by atoms with Crippen LogP contribution in [0.2, 0.25) is 0 Å². The second-order valence-corrected chi connectivity index (χ2v) is 4.17. The minimum atomic E-state index is -0.992. The molecule has 2 aromatic rings. The van der Waals surface area contributed by atoms with Crippen LogP contribution in [0.5, 0.6) is 0 Å². The zero-order valence-electron chi connectivity index (χ0n) is 10.2. The molecule has 0 saturated heterocycles. The van der Waals surface area contributed by atoms with Crippen LogP contribution in [0.3, 0.4) is 0 Å². The van der Waals surface area contributed by atoms with Crippen molar-refractivity contribution in [3.63, 3.8) is 0 Å². The average Bonchev–Trinajstić information content (AvgIpc) is 2.70. The number of hydrogen-bond acceptors (Lipinski definition) is 3. The molecule has 19 heavy (non-hydrogen) atoms. The van der Waals surface area contributed by atoms with Gasteiger partial charge in [0, 0.05) is 5.56 Å². The van der Waals surface area contributed by atoms with Crippen molar-refractivity contribution >= 4 is 11.9 Å². The molecule has 1 aromatic carbocycles. The summed E-state index contributed by atoms with van der Waals surface area (Å²) in [6.45, 7) is 1.77. The first-order valence-corrected chi connectivity index (χ1v) is 5.62. The Morgan fingerprint density at radius 2 is 1.79 bits per heavy atom. The van der Waals surface area contributed by atoms with Crippen molar-refractivity contribution in [2.24, 2.45) is 0 Å². The van der Waals surface area contributed by atoms with Crippen molar-refractivity contribution in [2.45, 2.75) is 13.3 Å². The number of rotatable bonds is 4. The van der Waals surface area contributed by atoms with E-state index in [0.29, 0.717) is 17.1 Å². The number of aryl methyl sites for hydroxylation is 1. The van der Waals surface area contributed by atoms with Crippen LogP contribution in [0.1, 0.15) is 21.7 Å². The highest BCUT2D eigenvalue weighted by atomic mass is 16.4. The summed E-state index contributed by atoms with van der Waals surface area (Å²) in [4.78, 5) is 21.4. The zero-order chi connectivity index (χ0) is 14.0. The van der Waals surface area contributed by atoms with Crippen LogP contribution in [0.4, 0.5) is 0 Å². The first kappa shape index (κ1) is 12.9. The summed E-state index contributed by atoms with van der Waals surface area (Å²) in [5.41, 5.74) is 1.67. The Morgan fingerprint density at radius 1 is 1.16 bits per heavy atom. The van der Waals surface area contributed by atoms with E-state index in [-0.39, 0.29) is 12.0 Å². The molecule has 5 heteroatoms. The van der Waals surface area contributed by atoms with Crippen LogP contribution < -0.4 is 0 Å². The molecule has 0 fully saturated rings. The molecule has 0 bridgehead atoms. The molecule has 0 aliphatic heterocycles. The zero-order valence-corrected chi connectivity index (χ0v) is 10.2. The maximum absolute atomic E-state index is 10.7. The molecule has 0 saturated carbocycles. The van der Waals surface area contributed by atoms with E-state index < -0.39 is 11.9 Å². The first-order valence-electron chi connectivity index (χ1n) is 5.62. The van der Waals surface area contributed by atoms with Crippen LogP contribution in [0.25, 0.3) is 11.3 Å². The van der Waals surface area contributed by atoms with E-state index >= 15 is 0 Å². The number of benzene rings is 1. The molecular formula is C14H12O5. The Morgan fingerprint density at radius 3 is 2.32 bits per heavy atom. The van der Waals surface area contributed by atoms with Gasteiger partial charge in [-0.1, -0.05) is 12.1 Å². The average molecular weight is 260 g/mol. The Kier molecular flexibility index (Phi) is 3.37. The highest BCUT2D eigenvalue weighted by molar-refractivity contribution is 5.88. The molecule has 1 heterocycles. The van der Waals surface area contributed by atoms with E-state index in [9.17, 15) is 9.59 Å². The topological polar surface area (TPSA) is 87.7 Å². The molecule has 98 valence electrons. The maximum Gasteiger partial charge on any atom is 0.335 e. The molecule has 0 atom stereocenters. The molecule has 2 rings (SSSR count). The highest BCUT2D eigenvalue weighted by Gasteiger charge is 2.12. The molecule has 2 N–H and O–H groups in total. The molecule has 0 amide bonds. The molecule has 0 unspecified atom stereocenters. The van der Waals surface area contributed by atoms with Crippen molar-refractivity contribution in [2.75, 3.05) is 0 Å². The number of aromatic carboxylic acids is 1. The predicted molar refractivity (Wildman–Crippen MR) is 67.2 cm³/mol. The standard InChI is InChI=1S/C14H12O5/c1-8-6-12(19-11(8)7-13(15)16)9-2-4-10(5-3-9)14(17)18/h2-6H,7H2,1H3,(H,15,16)(H,17,18). The van der Waals surface area contributed by atoms with Gasteiger partial charge in [-0.3, -0.25) is 4.79 Å². The van der Waals surface area contributed by atoms with E-state index in [4.69, 9.17) is 14.6 Å². The lowest BCUT2D eigenvalue weighted by molar-refractivity contribution is -0.136. The van der Waals surface area contributed by atoms with Gasteiger partial charge in [-0.15, -0.1) is 0 Å². The maximum atomic E-state index is 10.7. The SMILES string of the molecule is Cc1cc(-c2ccc(C(=O)O)cc2)oc1CC(=O)O. The van der Waals surface area contributed by atoms with Gasteiger partial charge in [-0.25, -0.2) is 4.79 Å². The van der Waals surface area contributed by atoms with Crippen molar-refractivity contribution in [1.29, 1.82) is 0 Å². The van der Waals surface area contributed by atoms with Crippen molar-refractivity contribution in [3.8, 4) is 11.3 Å². The summed E-state index contributed by atoms with van der Waals surface area (Å²) in [7, 11) is 0. The summed E-state index contributed by atoms with van der Waals surface area (Å²) in [6.07, 6.45) is -0.168. The van der Waals surface area contributed by atoms with Gasteiger partial charge < -0.3 is 14.6 Å². The summed E-state index contributed by atoms with van der Waals surface area (Å²) in [5.74, 6) is -1.01. The third-order valence-corrected chi connectivity index (χ3v) is 2.75. The fraction of sp³-hybridized carbons (Fsp3) is 0.143. The number of hydrogen-bond donors (Lipinski definition) is 2. The van der Waals surface area contributed by atoms with Gasteiger partial charge in [0.2, 0.25) is 0 Å². The number of carboxylic acids is 2. The minimum absolute atomic E-state index is 0.168. The van der Waals surface area contributed by atoms with E-state index in [1.54, 1.807) is 25.1 Å². The van der Waals surface area contributed by atoms with E-state index in [1.807, 2.05) is 0 Å². The second-order valence-electron chi connectivity index (χ2n) is 4.17. The van der Waals surface area contributed by atoms with Crippen LogP contribution in [0.15, 0.2) is 34.7 Å². The lowest BCUT2D eigenvalue weighted by Crippen LogP contribution is -1.99. The Bertz CT molecular complexity index is 622. The first-order chi connectivity index (χ1) is 8.97. The summed E-state index contributed by atoms with van der Waals surface area (Å²) in [6, 6.07) is 7.96. The quantitative estimate of drug-likeness (QED) is 0.882. The normalized spacial score (nSPS) is 10.4. The molecule has 1 aromatic heterocycles. The molecule has 0 radical (unpaired) electrons. The van der Waals surface area contributed by atoms with E-state index in [0.717, 1.165) is 5.56 Å². The molecule has 0 aliphatic rings. The number of aliphatic carboxylic acids is 1. The van der Waals surface area contributed by atoms with Crippen molar-refractivity contribution in [1.82, 2.24) is 0 Å². The predicted octanol–water partition coefficient (Wildman–Crippen LogP) is 2.58. The molecule has 0 spiro atoms. The van der Waals surface area contributed by atoms with Gasteiger partial charge in [-0.2, -0.15) is 0 Å². The van der Waals surface area contributed by atoms with Crippen LogP contribution in [-0.2, 0) is 11.2 Å². The highest BCUT2D eigenvalue weighted by Crippen LogP contribution is 2.26. The van der Waals surface area contributed by atoms with Crippen LogP contribution >= 0.6 is 0 Å². The van der Waals surface area contributed by atoms with E-state index in [1.165, 1.54) is 12.1 Å². The lowest BCUT2D eigenvalue weighted by Gasteiger charge is -1.98. The van der Waals surface area contributed by atoms with Crippen molar-refractivity contribution in [3.05, 3.63) is 47.2 Å². The fourth-order valence-corrected chi connectivity index (χ4v) is 1.75. The number of carboxylic acid groups (broad SMARTS) is 2. The number of furan rings is 1.